The highest BCUT2D eigenvalue weighted by Gasteiger charge is 2.47. The number of hydrogen-bond acceptors (Lipinski definition) is 5. The average molecular weight is 569 g/mol. The molecule has 7 nitrogen and oxygen atoms in total. The number of Topliss-reactive ketones (excluding diaryl/α,β-unsaturated/α-hetero) is 1. The van der Waals surface area contributed by atoms with Crippen molar-refractivity contribution in [1.29, 1.82) is 0 Å². The summed E-state index contributed by atoms with van der Waals surface area (Å²) in [5, 5.41) is -0.00480. The summed E-state index contributed by atoms with van der Waals surface area (Å²) in [7, 11) is -2.06. The molecule has 1 aromatic carbocycles. The summed E-state index contributed by atoms with van der Waals surface area (Å²) in [6.07, 6.45) is 3.11. The van der Waals surface area contributed by atoms with E-state index in [-0.39, 0.29) is 79.0 Å². The highest BCUT2D eigenvalue weighted by molar-refractivity contribution is 7.89. The van der Waals surface area contributed by atoms with Crippen molar-refractivity contribution in [2.75, 3.05) is 26.2 Å². The van der Waals surface area contributed by atoms with E-state index >= 15 is 0 Å². The number of carbonyl (C=O) groups excluding carboxylic acids is 1. The van der Waals surface area contributed by atoms with Crippen LogP contribution < -0.4 is 0 Å². The lowest BCUT2D eigenvalue weighted by atomic mass is 9.74. The number of piperazine rings is 1. The Kier molecular flexibility index (Phi) is 8.82. The fourth-order valence-corrected chi connectivity index (χ4v) is 6.72. The summed E-state index contributed by atoms with van der Waals surface area (Å²) in [5.41, 5.74) is -0.444. The van der Waals surface area contributed by atoms with Gasteiger partial charge in [-0.1, -0.05) is 11.6 Å². The molecule has 1 aromatic heterocycles. The average Bonchev–Trinajstić information content (AvgIpc) is 3.26. The van der Waals surface area contributed by atoms with Crippen molar-refractivity contribution in [2.24, 2.45) is 7.05 Å². The van der Waals surface area contributed by atoms with Crippen LogP contribution in [-0.4, -0.2) is 70.6 Å². The minimum atomic E-state index is -3.75. The largest absolute Gasteiger partial charge is 0.339 e. The third-order valence-electron chi connectivity index (χ3n) is 7.16. The van der Waals surface area contributed by atoms with E-state index in [2.05, 4.69) is 9.88 Å². The van der Waals surface area contributed by atoms with Crippen LogP contribution in [0.15, 0.2) is 35.7 Å². The molecule has 1 saturated carbocycles. The molecule has 2 aliphatic rings. The number of nitrogens with zero attached hydrogens (tertiary/aromatic N) is 4. The normalized spacial score (nSPS) is 20.6. The van der Waals surface area contributed by atoms with Crippen molar-refractivity contribution >= 4 is 39.8 Å². The summed E-state index contributed by atoms with van der Waals surface area (Å²) in [5.74, 6) is -3.57. The van der Waals surface area contributed by atoms with Crippen LogP contribution in [0, 0.1) is 5.82 Å². The molecule has 1 saturated heterocycles. The summed E-state index contributed by atoms with van der Waals surface area (Å²) in [4.78, 5) is 18.9. The summed E-state index contributed by atoms with van der Waals surface area (Å²) < 4.78 is 70.2. The molecule has 0 spiro atoms. The van der Waals surface area contributed by atoms with E-state index in [4.69, 9.17) is 11.6 Å². The number of ketones is 1. The third kappa shape index (κ3) is 6.07. The second-order valence-electron chi connectivity index (χ2n) is 9.40. The second-order valence-corrected chi connectivity index (χ2v) is 11.7. The topological polar surface area (TPSA) is 75.5 Å². The van der Waals surface area contributed by atoms with E-state index in [1.807, 2.05) is 0 Å². The number of halogens is 5. The zero-order chi connectivity index (χ0) is 25.4. The van der Waals surface area contributed by atoms with E-state index in [1.54, 1.807) is 11.6 Å². The third-order valence-corrected chi connectivity index (χ3v) is 9.25. The van der Waals surface area contributed by atoms with Crippen LogP contribution in [0.1, 0.15) is 48.9 Å². The van der Waals surface area contributed by atoms with Crippen LogP contribution >= 0.6 is 24.0 Å². The van der Waals surface area contributed by atoms with Crippen LogP contribution in [0.2, 0.25) is 5.02 Å². The number of sulfonamides is 1. The summed E-state index contributed by atoms with van der Waals surface area (Å²) in [6, 6.07) is 3.58. The Morgan fingerprint density at radius 1 is 1.11 bits per heavy atom. The smallest absolute Gasteiger partial charge is 0.262 e. The first kappa shape index (κ1) is 28.9. The minimum absolute atomic E-state index is 0. The summed E-state index contributed by atoms with van der Waals surface area (Å²) in [6.45, 7) is 1.13. The lowest BCUT2D eigenvalue weighted by molar-refractivity contribution is -0.0891. The molecule has 0 bridgehead atoms. The minimum Gasteiger partial charge on any atom is -0.339 e. The molecule has 1 aliphatic heterocycles. The maximum absolute atomic E-state index is 14.0. The highest BCUT2D eigenvalue weighted by atomic mass is 35.5. The number of aryl methyl sites for hydroxylation is 1. The van der Waals surface area contributed by atoms with Gasteiger partial charge >= 0.3 is 0 Å². The van der Waals surface area contributed by atoms with Gasteiger partial charge in [0.15, 0.2) is 10.8 Å². The van der Waals surface area contributed by atoms with Gasteiger partial charge in [-0.05, 0) is 37.5 Å². The van der Waals surface area contributed by atoms with Gasteiger partial charge in [0, 0.05) is 69.8 Å². The zero-order valence-corrected chi connectivity index (χ0v) is 22.2. The first-order chi connectivity index (χ1) is 16.4. The van der Waals surface area contributed by atoms with E-state index in [9.17, 15) is 26.4 Å². The van der Waals surface area contributed by atoms with Crippen LogP contribution in [0.25, 0.3) is 0 Å². The number of aromatic nitrogens is 2. The van der Waals surface area contributed by atoms with Gasteiger partial charge < -0.3 is 4.57 Å². The molecule has 13 heteroatoms. The van der Waals surface area contributed by atoms with Crippen molar-refractivity contribution in [1.82, 2.24) is 18.8 Å². The van der Waals surface area contributed by atoms with Gasteiger partial charge in [-0.2, -0.15) is 4.31 Å². The molecule has 0 atom stereocenters. The number of rotatable bonds is 7. The number of benzene rings is 1. The fourth-order valence-electron chi connectivity index (χ4n) is 5.06. The van der Waals surface area contributed by atoms with E-state index < -0.39 is 27.3 Å². The van der Waals surface area contributed by atoms with Crippen molar-refractivity contribution < 1.29 is 26.4 Å². The zero-order valence-electron chi connectivity index (χ0n) is 19.8. The first-order valence-corrected chi connectivity index (χ1v) is 13.3. The molecular weight excluding hydrogens is 540 g/mol. The van der Waals surface area contributed by atoms with Crippen LogP contribution in [0.4, 0.5) is 13.2 Å². The fraction of sp³-hybridized carbons (Fsp3) is 0.565. The van der Waals surface area contributed by atoms with Gasteiger partial charge in [-0.25, -0.2) is 26.6 Å². The van der Waals surface area contributed by atoms with Crippen LogP contribution in [0.5, 0.6) is 0 Å². The van der Waals surface area contributed by atoms with Gasteiger partial charge in [0.25, 0.3) is 10.0 Å². The quantitative estimate of drug-likeness (QED) is 0.458. The molecule has 0 unspecified atom stereocenters. The number of hydrogen-bond donors (Lipinski definition) is 0. The van der Waals surface area contributed by atoms with Gasteiger partial charge in [-0.3, -0.25) is 9.69 Å². The van der Waals surface area contributed by atoms with Crippen molar-refractivity contribution in [3.8, 4) is 0 Å². The van der Waals surface area contributed by atoms with Crippen LogP contribution in [-0.2, 0) is 17.1 Å². The molecule has 0 radical (unpaired) electrons. The molecule has 36 heavy (non-hydrogen) atoms. The Bertz CT molecular complexity index is 1190. The van der Waals surface area contributed by atoms with E-state index in [0.717, 1.165) is 12.1 Å². The summed E-state index contributed by atoms with van der Waals surface area (Å²) >= 11 is 6.04. The van der Waals surface area contributed by atoms with Gasteiger partial charge in [0.05, 0.1) is 11.3 Å². The lowest BCUT2D eigenvalue weighted by Gasteiger charge is -2.50. The maximum Gasteiger partial charge on any atom is 0.262 e. The molecule has 2 fully saturated rings. The molecule has 4 rings (SSSR count). The Morgan fingerprint density at radius 3 is 2.31 bits per heavy atom. The predicted octanol–water partition coefficient (Wildman–Crippen LogP) is 4.55. The highest BCUT2D eigenvalue weighted by Crippen LogP contribution is 2.44. The predicted molar refractivity (Wildman–Crippen MR) is 132 cm³/mol. The van der Waals surface area contributed by atoms with E-state index in [0.29, 0.717) is 19.5 Å². The van der Waals surface area contributed by atoms with Gasteiger partial charge in [0.1, 0.15) is 5.82 Å². The van der Waals surface area contributed by atoms with Crippen LogP contribution in [0.3, 0.4) is 0 Å². The molecule has 2 heterocycles. The lowest BCUT2D eigenvalue weighted by Crippen LogP contribution is -2.59. The van der Waals surface area contributed by atoms with Gasteiger partial charge in [-0.15, -0.1) is 12.4 Å². The number of carbonyl (C=O) groups is 1. The molecule has 200 valence electrons. The van der Waals surface area contributed by atoms with Crippen molar-refractivity contribution in [2.45, 2.75) is 55.0 Å². The van der Waals surface area contributed by atoms with Gasteiger partial charge in [0.2, 0.25) is 5.92 Å². The molecular formula is C23H29Cl2F3N4O3S. The Balaban J connectivity index is 0.00000361. The second kappa shape index (κ2) is 11.0. The molecule has 0 N–H and O–H groups in total. The number of imidazole rings is 1. The van der Waals surface area contributed by atoms with Crippen molar-refractivity contribution in [3.63, 3.8) is 0 Å². The maximum atomic E-state index is 14.0. The molecule has 2 aromatic rings. The Morgan fingerprint density at radius 2 is 1.75 bits per heavy atom. The molecule has 1 aliphatic carbocycles. The molecule has 0 amide bonds. The Hall–Kier alpha value is -1.66. The first-order valence-electron chi connectivity index (χ1n) is 11.5. The Labute approximate surface area is 220 Å². The van der Waals surface area contributed by atoms with Crippen molar-refractivity contribution in [3.05, 3.63) is 47.1 Å². The monoisotopic (exact) mass is 568 g/mol. The SMILES string of the molecule is Cl.Cn1cnc(S(=O)(=O)N2CCN(C3(CCC(=O)c4ccc(F)cc4Cl)CCC(F)(F)CC3)CC2)c1. The van der Waals surface area contributed by atoms with E-state index in [1.165, 1.54) is 22.9 Å². The number of alkyl halides is 2. The standard InChI is InChI=1S/C23H28ClF3N4O3S.ClH/c1-29-15-21(28-16-29)35(33,34)31-12-10-30(11-13-31)22(6-8-23(26,27)9-7-22)5-4-20(32)18-3-2-17(25)14-19(18)24;/h2-3,14-16H,4-13H2,1H3;1H.